The zero-order chi connectivity index (χ0) is 20.6. The van der Waals surface area contributed by atoms with Gasteiger partial charge in [-0.15, -0.1) is 0 Å². The van der Waals surface area contributed by atoms with Gasteiger partial charge in [0.2, 0.25) is 0 Å². The number of nitrogens with one attached hydrogen (secondary N) is 1. The molecule has 6 heteroatoms. The van der Waals surface area contributed by atoms with Crippen molar-refractivity contribution in [3.8, 4) is 11.5 Å². The fourth-order valence-electron chi connectivity index (χ4n) is 4.15. The van der Waals surface area contributed by atoms with E-state index in [-0.39, 0.29) is 12.1 Å². The summed E-state index contributed by atoms with van der Waals surface area (Å²) in [5.74, 6) is 1.53. The van der Waals surface area contributed by atoms with Crippen molar-refractivity contribution in [3.63, 3.8) is 0 Å². The van der Waals surface area contributed by atoms with Gasteiger partial charge in [0.1, 0.15) is 5.60 Å². The summed E-state index contributed by atoms with van der Waals surface area (Å²) in [6.45, 7) is 5.48. The number of rotatable bonds is 2. The minimum Gasteiger partial charge on any atom is -0.453 e. The summed E-state index contributed by atoms with van der Waals surface area (Å²) in [5, 5.41) is 14.1. The number of nitrogens with zero attached hydrogens (tertiary/aromatic N) is 1. The van der Waals surface area contributed by atoms with E-state index in [1.54, 1.807) is 0 Å². The van der Waals surface area contributed by atoms with Gasteiger partial charge in [-0.2, -0.15) is 0 Å². The maximum atomic E-state index is 12.3. The molecule has 0 bridgehead atoms. The molecule has 0 radical (unpaired) electrons. The van der Waals surface area contributed by atoms with Gasteiger partial charge < -0.3 is 24.8 Å². The number of hydrogen-bond acceptors (Lipinski definition) is 5. The van der Waals surface area contributed by atoms with Crippen LogP contribution in [0.5, 0.6) is 11.5 Å². The molecular formula is C23H28N2O4. The average molecular weight is 396 g/mol. The molecule has 1 aliphatic carbocycles. The van der Waals surface area contributed by atoms with Crippen LogP contribution in [0.25, 0.3) is 0 Å². The summed E-state index contributed by atoms with van der Waals surface area (Å²) >= 11 is 0. The molecule has 1 heterocycles. The molecule has 2 N–H and O–H groups in total. The third-order valence-corrected chi connectivity index (χ3v) is 5.32. The number of benzene rings is 2. The van der Waals surface area contributed by atoms with E-state index in [4.69, 9.17) is 9.47 Å². The molecule has 1 amide bonds. The summed E-state index contributed by atoms with van der Waals surface area (Å²) in [7, 11) is 0. The quantitative estimate of drug-likeness (QED) is 0.767. The van der Waals surface area contributed by atoms with Crippen molar-refractivity contribution in [3.05, 3.63) is 48.5 Å². The van der Waals surface area contributed by atoms with Crippen molar-refractivity contribution >= 4 is 17.5 Å². The zero-order valence-electron chi connectivity index (χ0n) is 17.1. The number of fused-ring (bicyclic) bond motifs is 2. The molecule has 4 rings (SSSR count). The Morgan fingerprint density at radius 2 is 1.66 bits per heavy atom. The molecule has 0 aromatic heterocycles. The number of ether oxygens (including phenoxy) is 2. The second-order valence-electron chi connectivity index (χ2n) is 8.65. The Morgan fingerprint density at radius 1 is 1.07 bits per heavy atom. The van der Waals surface area contributed by atoms with Crippen molar-refractivity contribution in [1.82, 2.24) is 5.32 Å². The first-order chi connectivity index (χ1) is 13.8. The van der Waals surface area contributed by atoms with E-state index in [0.717, 1.165) is 35.7 Å². The highest BCUT2D eigenvalue weighted by molar-refractivity contribution is 5.78. The molecule has 2 aliphatic rings. The second-order valence-corrected chi connectivity index (χ2v) is 8.65. The zero-order valence-corrected chi connectivity index (χ0v) is 17.1. The lowest BCUT2D eigenvalue weighted by molar-refractivity contribution is 0.0318. The maximum Gasteiger partial charge on any atom is 0.407 e. The number of alkyl carbamates (subject to hydrolysis) is 1. The molecule has 3 atom stereocenters. The normalized spacial score (nSPS) is 23.4. The van der Waals surface area contributed by atoms with Gasteiger partial charge in [0.15, 0.2) is 11.5 Å². The number of amides is 1. The fourth-order valence-corrected chi connectivity index (χ4v) is 4.15. The van der Waals surface area contributed by atoms with Gasteiger partial charge in [-0.05, 0) is 64.3 Å². The number of para-hydroxylation sites is 4. The average Bonchev–Trinajstić information content (AvgIpc) is 2.66. The van der Waals surface area contributed by atoms with Crippen LogP contribution in [0.4, 0.5) is 16.2 Å². The molecular weight excluding hydrogens is 368 g/mol. The van der Waals surface area contributed by atoms with Gasteiger partial charge in [-0.1, -0.05) is 24.3 Å². The largest absolute Gasteiger partial charge is 0.453 e. The minimum absolute atomic E-state index is 0.185. The lowest BCUT2D eigenvalue weighted by atomic mass is 9.86. The summed E-state index contributed by atoms with van der Waals surface area (Å²) in [6, 6.07) is 15.1. The number of carbonyl (C=O) groups is 1. The van der Waals surface area contributed by atoms with E-state index >= 15 is 0 Å². The standard InChI is InChI=1S/C23H28N2O4/c1-23(2,3)29-22(27)24-15-9-8-12-18(21(15)26)25-16-10-4-6-13-19(16)28-20-14-7-5-11-17(20)25/h4-7,10-11,13-15,18,21,26H,8-9,12H2,1-3H3,(H,24,27)/t15-,18+,21+/m1/s1. The summed E-state index contributed by atoms with van der Waals surface area (Å²) in [5.41, 5.74) is 1.27. The number of aliphatic hydroxyl groups excluding tert-OH is 1. The lowest BCUT2D eigenvalue weighted by Crippen LogP contribution is -2.56. The number of carbonyl (C=O) groups excluding carboxylic acids is 1. The SMILES string of the molecule is CC(C)(C)OC(=O)N[C@@H]1CCC[C@H](N2c3ccccc3Oc3ccccc32)[C@H]1O. The Bertz CT molecular complexity index is 847. The molecule has 2 aromatic carbocycles. The third-order valence-electron chi connectivity index (χ3n) is 5.32. The topological polar surface area (TPSA) is 71.0 Å². The smallest absolute Gasteiger partial charge is 0.407 e. The Balaban J connectivity index is 1.62. The molecule has 2 aromatic rings. The fraction of sp³-hybridized carbons (Fsp3) is 0.435. The molecule has 1 aliphatic heterocycles. The van der Waals surface area contributed by atoms with Gasteiger partial charge in [0.05, 0.1) is 29.6 Å². The summed E-state index contributed by atoms with van der Waals surface area (Å²) in [4.78, 5) is 14.4. The van der Waals surface area contributed by atoms with Crippen LogP contribution in [0.2, 0.25) is 0 Å². The second kappa shape index (κ2) is 7.59. The number of hydrogen-bond donors (Lipinski definition) is 2. The Morgan fingerprint density at radius 3 is 2.24 bits per heavy atom. The lowest BCUT2D eigenvalue weighted by Gasteiger charge is -2.44. The first-order valence-electron chi connectivity index (χ1n) is 10.2. The first kappa shape index (κ1) is 19.6. The van der Waals surface area contributed by atoms with Crippen LogP contribution >= 0.6 is 0 Å². The van der Waals surface area contributed by atoms with Crippen molar-refractivity contribution in [1.29, 1.82) is 0 Å². The Hall–Kier alpha value is -2.73. The molecule has 154 valence electrons. The monoisotopic (exact) mass is 396 g/mol. The third kappa shape index (κ3) is 4.03. The van der Waals surface area contributed by atoms with E-state index < -0.39 is 17.8 Å². The van der Waals surface area contributed by atoms with E-state index in [1.807, 2.05) is 69.3 Å². The maximum absolute atomic E-state index is 12.3. The van der Waals surface area contributed by atoms with Crippen LogP contribution in [-0.2, 0) is 4.74 Å². The van der Waals surface area contributed by atoms with Crippen LogP contribution in [0.15, 0.2) is 48.5 Å². The molecule has 0 spiro atoms. The highest BCUT2D eigenvalue weighted by Gasteiger charge is 2.40. The predicted molar refractivity (Wildman–Crippen MR) is 112 cm³/mol. The summed E-state index contributed by atoms with van der Waals surface area (Å²) < 4.78 is 11.5. The first-order valence-corrected chi connectivity index (χ1v) is 10.2. The van der Waals surface area contributed by atoms with Gasteiger partial charge in [0, 0.05) is 0 Å². The van der Waals surface area contributed by atoms with Crippen molar-refractivity contribution in [2.75, 3.05) is 4.90 Å². The van der Waals surface area contributed by atoms with Crippen LogP contribution in [0.1, 0.15) is 40.0 Å². The number of anilines is 2. The highest BCUT2D eigenvalue weighted by atomic mass is 16.6. The molecule has 29 heavy (non-hydrogen) atoms. The molecule has 1 saturated carbocycles. The van der Waals surface area contributed by atoms with Gasteiger partial charge in [-0.25, -0.2) is 4.79 Å². The highest BCUT2D eigenvalue weighted by Crippen LogP contribution is 2.49. The van der Waals surface area contributed by atoms with Crippen LogP contribution in [0, 0.1) is 0 Å². The molecule has 6 nitrogen and oxygen atoms in total. The van der Waals surface area contributed by atoms with Crippen molar-refractivity contribution in [2.45, 2.75) is 63.8 Å². The van der Waals surface area contributed by atoms with E-state index in [0.29, 0.717) is 6.42 Å². The Kier molecular flexibility index (Phi) is 5.13. The Labute approximate surface area is 171 Å². The molecule has 0 saturated heterocycles. The van der Waals surface area contributed by atoms with Crippen molar-refractivity contribution in [2.24, 2.45) is 0 Å². The van der Waals surface area contributed by atoms with Crippen LogP contribution < -0.4 is 15.0 Å². The van der Waals surface area contributed by atoms with Crippen LogP contribution in [-0.4, -0.2) is 35.0 Å². The van der Waals surface area contributed by atoms with Crippen molar-refractivity contribution < 1.29 is 19.4 Å². The van der Waals surface area contributed by atoms with E-state index in [2.05, 4.69) is 10.2 Å². The molecule has 1 fully saturated rings. The minimum atomic E-state index is -0.740. The van der Waals surface area contributed by atoms with Gasteiger partial charge in [-0.3, -0.25) is 0 Å². The summed E-state index contributed by atoms with van der Waals surface area (Å²) in [6.07, 6.45) is 1.19. The van der Waals surface area contributed by atoms with Gasteiger partial charge >= 0.3 is 6.09 Å². The van der Waals surface area contributed by atoms with Gasteiger partial charge in [0.25, 0.3) is 0 Å². The molecule has 0 unspecified atom stereocenters. The van der Waals surface area contributed by atoms with E-state index in [9.17, 15) is 9.90 Å². The van der Waals surface area contributed by atoms with E-state index in [1.165, 1.54) is 0 Å². The van der Waals surface area contributed by atoms with Crippen LogP contribution in [0.3, 0.4) is 0 Å². The predicted octanol–water partition coefficient (Wildman–Crippen LogP) is 4.74. The number of aliphatic hydroxyl groups is 1.